The topological polar surface area (TPSA) is 37.3 Å². The van der Waals surface area contributed by atoms with Crippen molar-refractivity contribution in [2.75, 3.05) is 0 Å². The molecule has 1 aromatic carbocycles. The van der Waals surface area contributed by atoms with Crippen LogP contribution in [-0.2, 0) is 11.0 Å². The Bertz CT molecular complexity index is 480. The van der Waals surface area contributed by atoms with Gasteiger partial charge in [0, 0.05) is 16.1 Å². The number of carbonyl (C=O) groups is 1. The van der Waals surface area contributed by atoms with Gasteiger partial charge in [-0.05, 0) is 18.2 Å². The van der Waals surface area contributed by atoms with E-state index in [1.54, 1.807) is 0 Å². The van der Waals surface area contributed by atoms with Gasteiger partial charge in [0.1, 0.15) is 5.82 Å². The van der Waals surface area contributed by atoms with Crippen LogP contribution in [0.2, 0.25) is 0 Å². The minimum absolute atomic E-state index is 0.351. The summed E-state index contributed by atoms with van der Waals surface area (Å²) in [4.78, 5) is 10.2. The molecule has 0 radical (unpaired) electrons. The lowest BCUT2D eigenvalue weighted by atomic mass is 10.1. The Hall–Kier alpha value is -1.37. The van der Waals surface area contributed by atoms with Crippen LogP contribution in [-0.4, -0.2) is 11.1 Å². The predicted molar refractivity (Wildman–Crippen MR) is 55.8 cm³/mol. The summed E-state index contributed by atoms with van der Waals surface area (Å²) in [6, 6.07) is 1.73. The quantitative estimate of drug-likeness (QED) is 0.668. The van der Waals surface area contributed by atoms with Crippen molar-refractivity contribution < 1.29 is 27.5 Å². The van der Waals surface area contributed by atoms with Crippen molar-refractivity contribution in [1.29, 1.82) is 0 Å². The van der Waals surface area contributed by atoms with Crippen LogP contribution < -0.4 is 0 Å². The smallest absolute Gasteiger partial charge is 0.418 e. The molecule has 0 saturated heterocycles. The van der Waals surface area contributed by atoms with Crippen LogP contribution in [0, 0.1) is 5.82 Å². The summed E-state index contributed by atoms with van der Waals surface area (Å²) < 4.78 is 50.8. The Morgan fingerprint density at radius 2 is 1.94 bits per heavy atom. The maximum Gasteiger partial charge on any atom is 0.418 e. The maximum absolute atomic E-state index is 13.2. The molecule has 0 aliphatic heterocycles. The van der Waals surface area contributed by atoms with E-state index < -0.39 is 29.1 Å². The van der Waals surface area contributed by atoms with Crippen molar-refractivity contribution in [2.24, 2.45) is 0 Å². The highest BCUT2D eigenvalue weighted by Crippen LogP contribution is 2.38. The van der Waals surface area contributed by atoms with E-state index in [0.29, 0.717) is 12.2 Å². The van der Waals surface area contributed by atoms with Gasteiger partial charge in [-0.2, -0.15) is 13.2 Å². The highest BCUT2D eigenvalue weighted by atomic mass is 79.9. The molecule has 17 heavy (non-hydrogen) atoms. The fourth-order valence-corrected chi connectivity index (χ4v) is 1.74. The minimum Gasteiger partial charge on any atom is -0.478 e. The highest BCUT2D eigenvalue weighted by molar-refractivity contribution is 9.10. The molecular weight excluding hydrogens is 308 g/mol. The second kappa shape index (κ2) is 4.87. The first-order chi connectivity index (χ1) is 7.73. The van der Waals surface area contributed by atoms with Crippen molar-refractivity contribution in [3.05, 3.63) is 39.6 Å². The largest absolute Gasteiger partial charge is 0.478 e. The van der Waals surface area contributed by atoms with E-state index in [4.69, 9.17) is 5.11 Å². The molecule has 0 unspecified atom stereocenters. The van der Waals surface area contributed by atoms with Crippen LogP contribution in [0.25, 0.3) is 6.08 Å². The zero-order chi connectivity index (χ0) is 13.2. The molecular formula is C10H5BrF4O2. The molecule has 1 N–H and O–H groups in total. The Labute approximate surface area is 102 Å². The summed E-state index contributed by atoms with van der Waals surface area (Å²) >= 11 is 2.66. The van der Waals surface area contributed by atoms with Crippen molar-refractivity contribution in [2.45, 2.75) is 6.18 Å². The molecule has 1 rings (SSSR count). The lowest BCUT2D eigenvalue weighted by Crippen LogP contribution is -2.10. The second-order valence-electron chi connectivity index (χ2n) is 2.99. The maximum atomic E-state index is 13.2. The predicted octanol–water partition coefficient (Wildman–Crippen LogP) is 3.70. The van der Waals surface area contributed by atoms with Gasteiger partial charge in [-0.1, -0.05) is 15.9 Å². The number of alkyl halides is 3. The molecule has 2 nitrogen and oxygen atoms in total. The fraction of sp³-hybridized carbons (Fsp3) is 0.100. The van der Waals surface area contributed by atoms with Crippen LogP contribution in [0.5, 0.6) is 0 Å². The number of carboxylic acid groups (broad SMARTS) is 1. The van der Waals surface area contributed by atoms with Crippen LogP contribution in [0.4, 0.5) is 17.6 Å². The molecule has 0 spiro atoms. The molecule has 0 heterocycles. The molecule has 1 aromatic rings. The van der Waals surface area contributed by atoms with Gasteiger partial charge < -0.3 is 5.11 Å². The molecule has 0 amide bonds. The van der Waals surface area contributed by atoms with Crippen molar-refractivity contribution in [3.63, 3.8) is 0 Å². The first-order valence-electron chi connectivity index (χ1n) is 4.19. The van der Waals surface area contributed by atoms with Crippen LogP contribution in [0.15, 0.2) is 22.7 Å². The van der Waals surface area contributed by atoms with E-state index in [9.17, 15) is 22.4 Å². The Balaban J connectivity index is 3.46. The van der Waals surface area contributed by atoms with Gasteiger partial charge in [-0.3, -0.25) is 0 Å². The SMILES string of the molecule is O=C(O)/C=C/c1c(F)ccc(Br)c1C(F)(F)F. The van der Waals surface area contributed by atoms with Crippen molar-refractivity contribution in [3.8, 4) is 0 Å². The Morgan fingerprint density at radius 3 is 2.41 bits per heavy atom. The number of aliphatic carboxylic acids is 1. The van der Waals surface area contributed by atoms with E-state index >= 15 is 0 Å². The summed E-state index contributed by atoms with van der Waals surface area (Å²) in [5.41, 5.74) is -2.05. The lowest BCUT2D eigenvalue weighted by molar-refractivity contribution is -0.138. The first-order valence-corrected chi connectivity index (χ1v) is 4.99. The molecule has 92 valence electrons. The van der Waals surface area contributed by atoms with E-state index in [1.807, 2.05) is 0 Å². The van der Waals surface area contributed by atoms with E-state index in [-0.39, 0.29) is 4.47 Å². The number of carboxylic acids is 1. The summed E-state index contributed by atoms with van der Waals surface area (Å²) in [5, 5.41) is 8.33. The van der Waals surface area contributed by atoms with Gasteiger partial charge in [-0.25, -0.2) is 9.18 Å². The second-order valence-corrected chi connectivity index (χ2v) is 3.84. The van der Waals surface area contributed by atoms with Gasteiger partial charge in [0.15, 0.2) is 0 Å². The van der Waals surface area contributed by atoms with Crippen LogP contribution in [0.3, 0.4) is 0 Å². The average Bonchev–Trinajstić information content (AvgIpc) is 2.17. The zero-order valence-electron chi connectivity index (χ0n) is 8.05. The molecule has 0 atom stereocenters. The monoisotopic (exact) mass is 312 g/mol. The third kappa shape index (κ3) is 3.29. The number of hydrogen-bond donors (Lipinski definition) is 1. The van der Waals surface area contributed by atoms with Crippen LogP contribution in [0.1, 0.15) is 11.1 Å². The average molecular weight is 313 g/mol. The molecule has 0 aliphatic rings. The fourth-order valence-electron chi connectivity index (χ4n) is 1.17. The summed E-state index contributed by atoms with van der Waals surface area (Å²) in [5.74, 6) is -2.60. The summed E-state index contributed by atoms with van der Waals surface area (Å²) in [6.07, 6.45) is -3.76. The number of rotatable bonds is 2. The van der Waals surface area contributed by atoms with Gasteiger partial charge in [0.2, 0.25) is 0 Å². The Kier molecular flexibility index (Phi) is 3.92. The van der Waals surface area contributed by atoms with Crippen molar-refractivity contribution in [1.82, 2.24) is 0 Å². The van der Waals surface area contributed by atoms with Gasteiger partial charge in [0.25, 0.3) is 0 Å². The number of halogens is 5. The zero-order valence-corrected chi connectivity index (χ0v) is 9.64. The lowest BCUT2D eigenvalue weighted by Gasteiger charge is -2.13. The standard InChI is InChI=1S/C10H5BrF4O2/c11-6-2-3-7(12)5(1-4-8(16)17)9(6)10(13,14)15/h1-4H,(H,16,17)/b4-1+. The van der Waals surface area contributed by atoms with E-state index in [1.165, 1.54) is 0 Å². The van der Waals surface area contributed by atoms with Gasteiger partial charge >= 0.3 is 12.1 Å². The van der Waals surface area contributed by atoms with Gasteiger partial charge in [0.05, 0.1) is 5.56 Å². The summed E-state index contributed by atoms with van der Waals surface area (Å²) in [6.45, 7) is 0. The molecule has 0 bridgehead atoms. The molecule has 0 aromatic heterocycles. The minimum atomic E-state index is -4.78. The van der Waals surface area contributed by atoms with E-state index in [2.05, 4.69) is 15.9 Å². The highest BCUT2D eigenvalue weighted by Gasteiger charge is 2.36. The molecule has 0 aliphatic carbocycles. The van der Waals surface area contributed by atoms with E-state index in [0.717, 1.165) is 12.1 Å². The number of hydrogen-bond acceptors (Lipinski definition) is 1. The third-order valence-corrected chi connectivity index (χ3v) is 2.48. The molecule has 0 fully saturated rings. The third-order valence-electron chi connectivity index (χ3n) is 1.82. The summed E-state index contributed by atoms with van der Waals surface area (Å²) in [7, 11) is 0. The number of benzene rings is 1. The van der Waals surface area contributed by atoms with Crippen LogP contribution >= 0.6 is 15.9 Å². The molecule has 7 heteroatoms. The molecule has 0 saturated carbocycles. The Morgan fingerprint density at radius 1 is 1.35 bits per heavy atom. The normalized spacial score (nSPS) is 12.1. The van der Waals surface area contributed by atoms with Gasteiger partial charge in [-0.15, -0.1) is 0 Å². The van der Waals surface area contributed by atoms with Crippen molar-refractivity contribution >= 4 is 28.0 Å². The first kappa shape index (κ1) is 13.7.